The van der Waals surface area contributed by atoms with Gasteiger partial charge in [0.1, 0.15) is 0 Å². The number of anilines is 1. The summed E-state index contributed by atoms with van der Waals surface area (Å²) in [7, 11) is 0. The van der Waals surface area contributed by atoms with Crippen molar-refractivity contribution in [2.45, 2.75) is 33.1 Å². The van der Waals surface area contributed by atoms with Crippen molar-refractivity contribution in [3.8, 4) is 0 Å². The molecule has 0 heterocycles. The number of rotatable bonds is 5. The van der Waals surface area contributed by atoms with E-state index in [0.29, 0.717) is 6.54 Å². The van der Waals surface area contributed by atoms with Crippen LogP contribution in [0.5, 0.6) is 0 Å². The molecule has 0 spiro atoms. The largest absolute Gasteiger partial charge is 0.465 e. The average molecular weight is 221 g/mol. The highest BCUT2D eigenvalue weighted by Gasteiger charge is 2.15. The molecule has 1 aromatic carbocycles. The summed E-state index contributed by atoms with van der Waals surface area (Å²) in [6, 6.07) is 7.74. The van der Waals surface area contributed by atoms with Gasteiger partial charge in [-0.1, -0.05) is 38.5 Å². The zero-order valence-corrected chi connectivity index (χ0v) is 9.94. The zero-order chi connectivity index (χ0) is 12.0. The third-order valence-corrected chi connectivity index (χ3v) is 2.48. The molecule has 1 N–H and O–H groups in total. The van der Waals surface area contributed by atoms with E-state index in [4.69, 9.17) is 0 Å². The fourth-order valence-electron chi connectivity index (χ4n) is 1.80. The van der Waals surface area contributed by atoms with Gasteiger partial charge in [-0.05, 0) is 24.5 Å². The monoisotopic (exact) mass is 221 g/mol. The average Bonchev–Trinajstić information content (AvgIpc) is 2.27. The lowest BCUT2D eigenvalue weighted by Gasteiger charge is -2.21. The van der Waals surface area contributed by atoms with Crippen LogP contribution in [0, 0.1) is 0 Å². The Labute approximate surface area is 96.7 Å². The van der Waals surface area contributed by atoms with Gasteiger partial charge in [0.25, 0.3) is 0 Å². The van der Waals surface area contributed by atoms with Gasteiger partial charge in [0.2, 0.25) is 0 Å². The molecule has 0 saturated carbocycles. The number of para-hydroxylation sites is 1. The normalized spacial score (nSPS) is 10.1. The van der Waals surface area contributed by atoms with Crippen LogP contribution >= 0.6 is 0 Å². The maximum Gasteiger partial charge on any atom is 0.411 e. The van der Waals surface area contributed by atoms with E-state index in [1.807, 2.05) is 31.2 Å². The topological polar surface area (TPSA) is 40.5 Å². The first-order valence-electron chi connectivity index (χ1n) is 5.79. The summed E-state index contributed by atoms with van der Waals surface area (Å²) in [6.07, 6.45) is 1.90. The van der Waals surface area contributed by atoms with E-state index in [-0.39, 0.29) is 0 Å². The first-order valence-corrected chi connectivity index (χ1v) is 5.79. The van der Waals surface area contributed by atoms with Gasteiger partial charge in [0.15, 0.2) is 0 Å². The van der Waals surface area contributed by atoms with Crippen LogP contribution in [0.25, 0.3) is 0 Å². The molecular formula is C13H19NO2. The van der Waals surface area contributed by atoms with Crippen molar-refractivity contribution >= 4 is 11.8 Å². The minimum Gasteiger partial charge on any atom is -0.465 e. The first-order chi connectivity index (χ1) is 7.70. The second kappa shape index (κ2) is 6.16. The minimum atomic E-state index is -0.870. The molecule has 0 aliphatic carbocycles. The molecule has 0 radical (unpaired) electrons. The van der Waals surface area contributed by atoms with Crippen LogP contribution < -0.4 is 4.90 Å². The highest BCUT2D eigenvalue weighted by Crippen LogP contribution is 2.22. The van der Waals surface area contributed by atoms with Gasteiger partial charge in [-0.25, -0.2) is 4.79 Å². The lowest BCUT2D eigenvalue weighted by Crippen LogP contribution is -2.30. The summed E-state index contributed by atoms with van der Waals surface area (Å²) < 4.78 is 0. The molecule has 3 nitrogen and oxygen atoms in total. The molecule has 1 rings (SSSR count). The fourth-order valence-corrected chi connectivity index (χ4v) is 1.80. The number of benzene rings is 1. The summed E-state index contributed by atoms with van der Waals surface area (Å²) in [5.74, 6) is 0. The predicted octanol–water partition coefficient (Wildman–Crippen LogP) is 3.53. The van der Waals surface area contributed by atoms with Crippen molar-refractivity contribution in [2.75, 3.05) is 11.4 Å². The number of hydrogen-bond donors (Lipinski definition) is 1. The minimum absolute atomic E-state index is 0.552. The molecule has 0 aliphatic rings. The van der Waals surface area contributed by atoms with Gasteiger partial charge in [-0.2, -0.15) is 0 Å². The Bertz CT molecular complexity index is 350. The molecule has 3 heteroatoms. The van der Waals surface area contributed by atoms with Gasteiger partial charge in [0, 0.05) is 6.54 Å². The molecule has 0 atom stereocenters. The van der Waals surface area contributed by atoms with Crippen molar-refractivity contribution < 1.29 is 9.90 Å². The number of amides is 1. The Kier molecular flexibility index (Phi) is 4.83. The maximum absolute atomic E-state index is 11.2. The third kappa shape index (κ3) is 2.99. The molecule has 1 aromatic rings. The first kappa shape index (κ1) is 12.6. The smallest absolute Gasteiger partial charge is 0.411 e. The van der Waals surface area contributed by atoms with Crippen molar-refractivity contribution in [1.29, 1.82) is 0 Å². The highest BCUT2D eigenvalue weighted by molar-refractivity contribution is 5.87. The summed E-state index contributed by atoms with van der Waals surface area (Å²) in [6.45, 7) is 4.64. The second-order valence-corrected chi connectivity index (χ2v) is 3.81. The van der Waals surface area contributed by atoms with E-state index in [9.17, 15) is 9.90 Å². The van der Waals surface area contributed by atoms with Crippen molar-refractivity contribution in [3.63, 3.8) is 0 Å². The quantitative estimate of drug-likeness (QED) is 0.826. The van der Waals surface area contributed by atoms with E-state index in [0.717, 1.165) is 30.5 Å². The summed E-state index contributed by atoms with van der Waals surface area (Å²) in [4.78, 5) is 12.6. The molecular weight excluding hydrogens is 202 g/mol. The van der Waals surface area contributed by atoms with Crippen LogP contribution in [0.4, 0.5) is 10.5 Å². The van der Waals surface area contributed by atoms with E-state index >= 15 is 0 Å². The van der Waals surface area contributed by atoms with E-state index < -0.39 is 6.09 Å². The van der Waals surface area contributed by atoms with Crippen molar-refractivity contribution in [1.82, 2.24) is 0 Å². The van der Waals surface area contributed by atoms with Crippen LogP contribution in [-0.2, 0) is 6.42 Å². The van der Waals surface area contributed by atoms with Gasteiger partial charge in [-0.3, -0.25) is 4.90 Å². The molecule has 0 unspecified atom stereocenters. The highest BCUT2D eigenvalue weighted by atomic mass is 16.4. The Hall–Kier alpha value is -1.51. The van der Waals surface area contributed by atoms with Gasteiger partial charge in [0.05, 0.1) is 5.69 Å². The number of carbonyl (C=O) groups is 1. The van der Waals surface area contributed by atoms with Crippen molar-refractivity contribution in [2.24, 2.45) is 0 Å². The Morgan fingerprint density at radius 1 is 1.25 bits per heavy atom. The molecule has 0 saturated heterocycles. The van der Waals surface area contributed by atoms with Crippen LogP contribution in [0.15, 0.2) is 24.3 Å². The summed E-state index contributed by atoms with van der Waals surface area (Å²) >= 11 is 0. The lowest BCUT2D eigenvalue weighted by atomic mass is 10.1. The molecule has 0 aromatic heterocycles. The molecule has 1 amide bonds. The Morgan fingerprint density at radius 2 is 1.94 bits per heavy atom. The van der Waals surface area contributed by atoms with Gasteiger partial charge < -0.3 is 5.11 Å². The van der Waals surface area contributed by atoms with Gasteiger partial charge in [-0.15, -0.1) is 0 Å². The predicted molar refractivity (Wildman–Crippen MR) is 66.1 cm³/mol. The number of nitrogens with zero attached hydrogens (tertiary/aromatic N) is 1. The summed E-state index contributed by atoms with van der Waals surface area (Å²) in [5.41, 5.74) is 1.94. The van der Waals surface area contributed by atoms with E-state index in [1.54, 1.807) is 0 Å². The van der Waals surface area contributed by atoms with Crippen molar-refractivity contribution in [3.05, 3.63) is 29.8 Å². The molecule has 88 valence electrons. The zero-order valence-electron chi connectivity index (χ0n) is 9.94. The Morgan fingerprint density at radius 3 is 2.50 bits per heavy atom. The number of carboxylic acid groups (broad SMARTS) is 1. The Balaban J connectivity index is 3.02. The molecule has 0 bridgehead atoms. The SMILES string of the molecule is CCCc1ccccc1N(CCC)C(=O)O. The van der Waals surface area contributed by atoms with E-state index in [1.165, 1.54) is 4.90 Å². The maximum atomic E-state index is 11.2. The fraction of sp³-hybridized carbons (Fsp3) is 0.462. The van der Waals surface area contributed by atoms with Crippen LogP contribution in [-0.4, -0.2) is 17.7 Å². The van der Waals surface area contributed by atoms with Gasteiger partial charge >= 0.3 is 6.09 Å². The van der Waals surface area contributed by atoms with Crippen LogP contribution in [0.3, 0.4) is 0 Å². The second-order valence-electron chi connectivity index (χ2n) is 3.81. The third-order valence-electron chi connectivity index (χ3n) is 2.48. The van der Waals surface area contributed by atoms with E-state index in [2.05, 4.69) is 6.92 Å². The lowest BCUT2D eigenvalue weighted by molar-refractivity contribution is 0.201. The van der Waals surface area contributed by atoms with Crippen LogP contribution in [0.1, 0.15) is 32.3 Å². The van der Waals surface area contributed by atoms with Crippen LogP contribution in [0.2, 0.25) is 0 Å². The molecule has 16 heavy (non-hydrogen) atoms. The number of aryl methyl sites for hydroxylation is 1. The molecule has 0 fully saturated rings. The molecule has 0 aliphatic heterocycles. The number of hydrogen-bond acceptors (Lipinski definition) is 1. The standard InChI is InChI=1S/C13H19NO2/c1-3-7-11-8-5-6-9-12(11)14(10-4-2)13(15)16/h5-6,8-9H,3-4,7,10H2,1-2H3,(H,15,16). The summed E-state index contributed by atoms with van der Waals surface area (Å²) in [5, 5.41) is 9.18.